The third-order valence-corrected chi connectivity index (χ3v) is 4.23. The molecule has 0 aliphatic heterocycles. The number of aromatic nitrogens is 1. The Kier molecular flexibility index (Phi) is 5.65. The van der Waals surface area contributed by atoms with Crippen molar-refractivity contribution in [3.8, 4) is 0 Å². The van der Waals surface area contributed by atoms with Crippen LogP contribution in [0.2, 0.25) is 0 Å². The van der Waals surface area contributed by atoms with E-state index in [9.17, 15) is 4.79 Å². The molecule has 0 fully saturated rings. The van der Waals surface area contributed by atoms with E-state index in [-0.39, 0.29) is 18.4 Å². The number of benzene rings is 2. The molecule has 2 aromatic carbocycles. The number of hydrogen-bond acceptors (Lipinski definition) is 4. The van der Waals surface area contributed by atoms with Crippen LogP contribution in [0.5, 0.6) is 0 Å². The summed E-state index contributed by atoms with van der Waals surface area (Å²) >= 11 is 0. The van der Waals surface area contributed by atoms with Gasteiger partial charge in [0, 0.05) is 22.5 Å². The second-order valence-electron chi connectivity index (χ2n) is 5.91. The molecule has 1 heterocycles. The Morgan fingerprint density at radius 3 is 2.52 bits per heavy atom. The lowest BCUT2D eigenvalue weighted by Crippen LogP contribution is -2.02. The second kappa shape index (κ2) is 7.53. The number of ether oxygens (including phenoxy) is 1. The minimum absolute atomic E-state index is 0. The van der Waals surface area contributed by atoms with E-state index in [1.165, 1.54) is 18.2 Å². The molecule has 0 unspecified atom stereocenters. The third kappa shape index (κ3) is 3.74. The van der Waals surface area contributed by atoms with E-state index in [1.807, 2.05) is 37.3 Å². The van der Waals surface area contributed by atoms with Crippen molar-refractivity contribution in [1.82, 2.24) is 4.98 Å². The zero-order valence-electron chi connectivity index (χ0n) is 14.7. The quantitative estimate of drug-likeness (QED) is 0.662. The lowest BCUT2D eigenvalue weighted by molar-refractivity contribution is 0.0601. The molecule has 130 valence electrons. The van der Waals surface area contributed by atoms with Gasteiger partial charge in [-0.2, -0.15) is 0 Å². The Bertz CT molecular complexity index is 938. The number of carbonyl (C=O) groups excluding carboxylic acids is 1. The van der Waals surface area contributed by atoms with Crippen molar-refractivity contribution in [1.29, 1.82) is 0 Å². The van der Waals surface area contributed by atoms with Crippen LogP contribution in [0.1, 0.15) is 27.2 Å². The highest BCUT2D eigenvalue weighted by molar-refractivity contribution is 5.99. The van der Waals surface area contributed by atoms with E-state index < -0.39 is 0 Å². The molecule has 0 radical (unpaired) electrons. The van der Waals surface area contributed by atoms with E-state index in [0.29, 0.717) is 5.56 Å². The van der Waals surface area contributed by atoms with Crippen molar-refractivity contribution in [2.45, 2.75) is 20.8 Å². The summed E-state index contributed by atoms with van der Waals surface area (Å²) in [5.74, 6) is -0.352. The van der Waals surface area contributed by atoms with Crippen LogP contribution in [0.25, 0.3) is 10.9 Å². The lowest BCUT2D eigenvalue weighted by Gasteiger charge is -2.14. The van der Waals surface area contributed by atoms with Crippen LogP contribution in [-0.4, -0.2) is 18.1 Å². The molecule has 5 heteroatoms. The number of aryl methyl sites for hydroxylation is 2. The van der Waals surface area contributed by atoms with Crippen LogP contribution in [0.3, 0.4) is 0 Å². The first kappa shape index (κ1) is 18.7. The summed E-state index contributed by atoms with van der Waals surface area (Å²) in [7, 11) is 1.38. The molecule has 0 aliphatic carbocycles. The van der Waals surface area contributed by atoms with Gasteiger partial charge in [0.2, 0.25) is 0 Å². The first-order valence-electron chi connectivity index (χ1n) is 7.82. The first-order chi connectivity index (χ1) is 11.5. The molecule has 1 aromatic heterocycles. The van der Waals surface area contributed by atoms with Crippen LogP contribution < -0.4 is 5.32 Å². The standard InChI is InChI=1S/C20H20N2O2.ClH/c1-12-6-5-7-17(14(12)3)22-19-10-13(2)21-18-9-8-15(11-16(18)19)20(23)24-4;/h5-11H,1-4H3,(H,21,22);1H. The summed E-state index contributed by atoms with van der Waals surface area (Å²) in [6.07, 6.45) is 0. The van der Waals surface area contributed by atoms with E-state index in [2.05, 4.69) is 30.2 Å². The number of halogens is 1. The Hall–Kier alpha value is -2.59. The molecule has 0 atom stereocenters. The largest absolute Gasteiger partial charge is 0.465 e. The lowest BCUT2D eigenvalue weighted by atomic mass is 10.1. The maximum atomic E-state index is 11.8. The molecule has 3 rings (SSSR count). The zero-order valence-corrected chi connectivity index (χ0v) is 15.5. The Morgan fingerprint density at radius 1 is 1.04 bits per heavy atom. The molecule has 0 aliphatic rings. The molecule has 25 heavy (non-hydrogen) atoms. The SMILES string of the molecule is COC(=O)c1ccc2nc(C)cc(Nc3cccc(C)c3C)c2c1.Cl. The van der Waals surface area contributed by atoms with Crippen molar-refractivity contribution in [2.75, 3.05) is 12.4 Å². The van der Waals surface area contributed by atoms with Crippen LogP contribution in [0.4, 0.5) is 11.4 Å². The van der Waals surface area contributed by atoms with Gasteiger partial charge >= 0.3 is 5.97 Å². The fraction of sp³-hybridized carbons (Fsp3) is 0.200. The molecule has 0 amide bonds. The topological polar surface area (TPSA) is 51.2 Å². The van der Waals surface area contributed by atoms with Crippen LogP contribution >= 0.6 is 12.4 Å². The highest BCUT2D eigenvalue weighted by atomic mass is 35.5. The molecule has 1 N–H and O–H groups in total. The monoisotopic (exact) mass is 356 g/mol. The van der Waals surface area contributed by atoms with Crippen LogP contribution in [0, 0.1) is 20.8 Å². The van der Waals surface area contributed by atoms with Gasteiger partial charge in [-0.15, -0.1) is 12.4 Å². The van der Waals surface area contributed by atoms with Gasteiger partial charge in [0.1, 0.15) is 0 Å². The summed E-state index contributed by atoms with van der Waals surface area (Å²) in [6, 6.07) is 13.6. The van der Waals surface area contributed by atoms with Gasteiger partial charge in [0.05, 0.1) is 18.2 Å². The molecule has 4 nitrogen and oxygen atoms in total. The number of rotatable bonds is 3. The van der Waals surface area contributed by atoms with Crippen LogP contribution in [0.15, 0.2) is 42.5 Å². The zero-order chi connectivity index (χ0) is 17.3. The number of anilines is 2. The minimum Gasteiger partial charge on any atom is -0.465 e. The molecular weight excluding hydrogens is 336 g/mol. The van der Waals surface area contributed by atoms with Gasteiger partial charge < -0.3 is 10.1 Å². The number of fused-ring (bicyclic) bond motifs is 1. The number of nitrogens with zero attached hydrogens (tertiary/aromatic N) is 1. The molecule has 0 bridgehead atoms. The molecular formula is C20H21ClN2O2. The van der Waals surface area contributed by atoms with Crippen molar-refractivity contribution in [3.05, 3.63) is 64.8 Å². The molecule has 0 saturated heterocycles. The van der Waals surface area contributed by atoms with Gasteiger partial charge in [0.25, 0.3) is 0 Å². The maximum Gasteiger partial charge on any atom is 0.337 e. The predicted molar refractivity (Wildman–Crippen MR) is 104 cm³/mol. The number of carbonyl (C=O) groups is 1. The maximum absolute atomic E-state index is 11.8. The normalized spacial score (nSPS) is 10.2. The fourth-order valence-corrected chi connectivity index (χ4v) is 2.74. The fourth-order valence-electron chi connectivity index (χ4n) is 2.74. The minimum atomic E-state index is -0.352. The summed E-state index contributed by atoms with van der Waals surface area (Å²) in [5.41, 5.74) is 6.67. The highest BCUT2D eigenvalue weighted by Gasteiger charge is 2.11. The average molecular weight is 357 g/mol. The predicted octanol–water partition coefficient (Wildman–Crippen LogP) is 5.11. The summed E-state index contributed by atoms with van der Waals surface area (Å²) in [4.78, 5) is 16.4. The number of pyridine rings is 1. The second-order valence-corrected chi connectivity index (χ2v) is 5.91. The van der Waals surface area contributed by atoms with E-state index in [4.69, 9.17) is 4.74 Å². The van der Waals surface area contributed by atoms with Gasteiger partial charge in [0.15, 0.2) is 0 Å². The average Bonchev–Trinajstić information content (AvgIpc) is 2.57. The van der Waals surface area contributed by atoms with Gasteiger partial charge in [-0.3, -0.25) is 4.98 Å². The first-order valence-corrected chi connectivity index (χ1v) is 7.82. The Morgan fingerprint density at radius 2 is 1.80 bits per heavy atom. The van der Waals surface area contributed by atoms with Gasteiger partial charge in [-0.25, -0.2) is 4.79 Å². The Labute approximate surface area is 153 Å². The smallest absolute Gasteiger partial charge is 0.337 e. The summed E-state index contributed by atoms with van der Waals surface area (Å²) in [6.45, 7) is 6.14. The van der Waals surface area contributed by atoms with E-state index >= 15 is 0 Å². The molecule has 0 spiro atoms. The number of methoxy groups -OCH3 is 1. The van der Waals surface area contributed by atoms with E-state index in [1.54, 1.807) is 6.07 Å². The van der Waals surface area contributed by atoms with Gasteiger partial charge in [-0.05, 0) is 62.2 Å². The van der Waals surface area contributed by atoms with E-state index in [0.717, 1.165) is 28.0 Å². The highest BCUT2D eigenvalue weighted by Crippen LogP contribution is 2.29. The summed E-state index contributed by atoms with van der Waals surface area (Å²) < 4.78 is 4.82. The van der Waals surface area contributed by atoms with Crippen molar-refractivity contribution >= 4 is 40.7 Å². The molecule has 0 saturated carbocycles. The number of hydrogen-bond donors (Lipinski definition) is 1. The van der Waals surface area contributed by atoms with Crippen molar-refractivity contribution in [2.24, 2.45) is 0 Å². The summed E-state index contributed by atoms with van der Waals surface area (Å²) in [5, 5.41) is 4.38. The van der Waals surface area contributed by atoms with Crippen LogP contribution in [-0.2, 0) is 4.74 Å². The van der Waals surface area contributed by atoms with Gasteiger partial charge in [-0.1, -0.05) is 12.1 Å². The Balaban J connectivity index is 0.00000225. The molecule has 3 aromatic rings. The third-order valence-electron chi connectivity index (χ3n) is 4.23. The number of nitrogens with one attached hydrogen (secondary N) is 1. The van der Waals surface area contributed by atoms with Crippen molar-refractivity contribution in [3.63, 3.8) is 0 Å². The van der Waals surface area contributed by atoms with Crippen molar-refractivity contribution < 1.29 is 9.53 Å². The number of esters is 1.